The molecule has 4 rings (SSSR count). The molecular weight excluding hydrogens is 446 g/mol. The zero-order valence-electron chi connectivity index (χ0n) is 20.3. The van der Waals surface area contributed by atoms with Crippen LogP contribution in [0.2, 0.25) is 0 Å². The number of furan rings is 2. The van der Waals surface area contributed by atoms with Gasteiger partial charge in [-0.2, -0.15) is 0 Å². The van der Waals surface area contributed by atoms with E-state index in [1.54, 1.807) is 31.2 Å². The van der Waals surface area contributed by atoms with Crippen molar-refractivity contribution in [3.05, 3.63) is 77.1 Å². The maximum atomic E-state index is 13.6. The molecule has 35 heavy (non-hydrogen) atoms. The van der Waals surface area contributed by atoms with Crippen molar-refractivity contribution in [2.24, 2.45) is 0 Å². The van der Waals surface area contributed by atoms with Crippen molar-refractivity contribution in [1.82, 2.24) is 10.6 Å². The quantitative estimate of drug-likeness (QED) is 0.502. The minimum Gasteiger partial charge on any atom is -0.464 e. The highest BCUT2D eigenvalue weighted by Crippen LogP contribution is 2.31. The van der Waals surface area contributed by atoms with Crippen LogP contribution in [0.3, 0.4) is 0 Å². The molecular formula is C27H31N3O5. The molecule has 0 bridgehead atoms. The summed E-state index contributed by atoms with van der Waals surface area (Å²) in [5.74, 6) is -0.167. The Kier molecular flexibility index (Phi) is 7.39. The first-order chi connectivity index (χ1) is 16.8. The Hall–Kier alpha value is -3.81. The molecule has 1 saturated carbocycles. The lowest BCUT2D eigenvalue weighted by atomic mass is 10.1. The van der Waals surface area contributed by atoms with Crippen molar-refractivity contribution in [1.29, 1.82) is 0 Å². The van der Waals surface area contributed by atoms with Crippen LogP contribution in [0, 0.1) is 20.8 Å². The van der Waals surface area contributed by atoms with Crippen LogP contribution in [0.4, 0.5) is 5.69 Å². The van der Waals surface area contributed by atoms with E-state index < -0.39 is 17.9 Å². The lowest BCUT2D eigenvalue weighted by molar-refractivity contribution is -0.127. The number of rotatable bonds is 8. The smallest absolute Gasteiger partial charge is 0.287 e. The Labute approximate surface area is 204 Å². The number of carbonyl (C=O) groups excluding carboxylic acids is 3. The number of hydrogen-bond acceptors (Lipinski definition) is 5. The third-order valence-corrected chi connectivity index (χ3v) is 6.42. The predicted molar refractivity (Wildman–Crippen MR) is 131 cm³/mol. The number of nitrogens with one attached hydrogen (secondary N) is 2. The third kappa shape index (κ3) is 5.65. The van der Waals surface area contributed by atoms with Gasteiger partial charge in [0.1, 0.15) is 11.5 Å². The molecule has 2 N–H and O–H groups in total. The topological polar surface area (TPSA) is 105 Å². The van der Waals surface area contributed by atoms with Crippen LogP contribution < -0.4 is 15.5 Å². The predicted octanol–water partition coefficient (Wildman–Crippen LogP) is 4.36. The summed E-state index contributed by atoms with van der Waals surface area (Å²) in [4.78, 5) is 41.1. The first-order valence-electron chi connectivity index (χ1n) is 11.9. The molecule has 0 spiro atoms. The number of anilines is 1. The second-order valence-electron chi connectivity index (χ2n) is 9.03. The molecule has 1 aliphatic rings. The van der Waals surface area contributed by atoms with E-state index >= 15 is 0 Å². The molecule has 0 radical (unpaired) electrons. The second kappa shape index (κ2) is 10.6. The van der Waals surface area contributed by atoms with Crippen LogP contribution in [-0.4, -0.2) is 30.3 Å². The maximum Gasteiger partial charge on any atom is 0.287 e. The Balaban J connectivity index is 1.68. The first kappa shape index (κ1) is 24.3. The highest BCUT2D eigenvalue weighted by Gasteiger charge is 2.36. The van der Waals surface area contributed by atoms with Crippen LogP contribution in [0.15, 0.2) is 57.6 Å². The van der Waals surface area contributed by atoms with E-state index in [1.165, 1.54) is 17.2 Å². The van der Waals surface area contributed by atoms with Gasteiger partial charge in [-0.05, 0) is 81.1 Å². The fourth-order valence-corrected chi connectivity index (χ4v) is 4.37. The van der Waals surface area contributed by atoms with Crippen LogP contribution in [0.5, 0.6) is 0 Å². The van der Waals surface area contributed by atoms with Crippen molar-refractivity contribution in [3.63, 3.8) is 0 Å². The largest absolute Gasteiger partial charge is 0.464 e. The molecule has 0 saturated heterocycles. The first-order valence-corrected chi connectivity index (χ1v) is 11.9. The molecule has 8 heteroatoms. The van der Waals surface area contributed by atoms with Gasteiger partial charge in [0.2, 0.25) is 5.91 Å². The fraction of sp³-hybridized carbons (Fsp3) is 0.370. The monoisotopic (exact) mass is 477 g/mol. The summed E-state index contributed by atoms with van der Waals surface area (Å²) < 4.78 is 11.0. The summed E-state index contributed by atoms with van der Waals surface area (Å²) in [6.07, 6.45) is 5.34. The van der Waals surface area contributed by atoms with Gasteiger partial charge >= 0.3 is 0 Å². The van der Waals surface area contributed by atoms with Gasteiger partial charge in [-0.25, -0.2) is 0 Å². The molecule has 184 valence electrons. The molecule has 2 heterocycles. The molecule has 1 atom stereocenters. The maximum absolute atomic E-state index is 13.6. The zero-order valence-corrected chi connectivity index (χ0v) is 20.3. The van der Waals surface area contributed by atoms with E-state index in [0.717, 1.165) is 36.8 Å². The van der Waals surface area contributed by atoms with Gasteiger partial charge in [-0.1, -0.05) is 18.9 Å². The SMILES string of the molecule is Cc1ccc([C@@H](C(=O)NC2CCCC2)N(C(=O)CNC(=O)c2ccco2)c2ccc(C)c(C)c2)o1. The molecule has 8 nitrogen and oxygen atoms in total. The fourth-order valence-electron chi connectivity index (χ4n) is 4.37. The van der Waals surface area contributed by atoms with Gasteiger partial charge in [0.25, 0.3) is 11.8 Å². The van der Waals surface area contributed by atoms with Crippen molar-refractivity contribution in [2.75, 3.05) is 11.4 Å². The van der Waals surface area contributed by atoms with Crippen LogP contribution in [0.25, 0.3) is 0 Å². The summed E-state index contributed by atoms with van der Waals surface area (Å²) in [7, 11) is 0. The Morgan fingerprint density at radius 2 is 1.80 bits per heavy atom. The Bertz CT molecular complexity index is 1190. The summed E-state index contributed by atoms with van der Waals surface area (Å²) in [5, 5.41) is 5.71. The highest BCUT2D eigenvalue weighted by molar-refractivity contribution is 6.04. The lowest BCUT2D eigenvalue weighted by Gasteiger charge is -2.31. The van der Waals surface area contributed by atoms with E-state index in [1.807, 2.05) is 26.0 Å². The minimum atomic E-state index is -1.03. The summed E-state index contributed by atoms with van der Waals surface area (Å²) in [6.45, 7) is 5.40. The van der Waals surface area contributed by atoms with Crippen molar-refractivity contribution >= 4 is 23.4 Å². The molecule has 2 aromatic heterocycles. The van der Waals surface area contributed by atoms with Gasteiger partial charge in [0.05, 0.1) is 12.8 Å². The van der Waals surface area contributed by atoms with Crippen LogP contribution >= 0.6 is 0 Å². The molecule has 3 amide bonds. The minimum absolute atomic E-state index is 0.0661. The number of benzene rings is 1. The number of hydrogen-bond donors (Lipinski definition) is 2. The van der Waals surface area contributed by atoms with Gasteiger partial charge in [0, 0.05) is 11.7 Å². The number of aryl methyl sites for hydroxylation is 3. The van der Waals surface area contributed by atoms with E-state index in [2.05, 4.69) is 10.6 Å². The number of carbonyl (C=O) groups is 3. The summed E-state index contributed by atoms with van der Waals surface area (Å²) in [5.41, 5.74) is 2.59. The van der Waals surface area contributed by atoms with Crippen molar-refractivity contribution in [3.8, 4) is 0 Å². The van der Waals surface area contributed by atoms with Gasteiger partial charge in [-0.3, -0.25) is 19.3 Å². The Morgan fingerprint density at radius 3 is 2.43 bits per heavy atom. The van der Waals surface area contributed by atoms with Crippen molar-refractivity contribution in [2.45, 2.75) is 58.5 Å². The van der Waals surface area contributed by atoms with Crippen molar-refractivity contribution < 1.29 is 23.2 Å². The van der Waals surface area contributed by atoms with E-state index in [4.69, 9.17) is 8.83 Å². The van der Waals surface area contributed by atoms with E-state index in [0.29, 0.717) is 17.2 Å². The second-order valence-corrected chi connectivity index (χ2v) is 9.03. The highest BCUT2D eigenvalue weighted by atomic mass is 16.3. The molecule has 3 aromatic rings. The van der Waals surface area contributed by atoms with Gasteiger partial charge in [0.15, 0.2) is 11.8 Å². The molecule has 1 aromatic carbocycles. The van der Waals surface area contributed by atoms with E-state index in [9.17, 15) is 14.4 Å². The average molecular weight is 478 g/mol. The normalized spacial score (nSPS) is 14.5. The Morgan fingerprint density at radius 1 is 1.03 bits per heavy atom. The van der Waals surface area contributed by atoms with Crippen LogP contribution in [0.1, 0.15) is 64.9 Å². The lowest BCUT2D eigenvalue weighted by Crippen LogP contribution is -2.49. The molecule has 0 unspecified atom stereocenters. The van der Waals surface area contributed by atoms with Crippen LogP contribution in [-0.2, 0) is 9.59 Å². The number of amides is 3. The average Bonchev–Trinajstić information content (AvgIpc) is 3.61. The number of nitrogens with zero attached hydrogens (tertiary/aromatic N) is 1. The zero-order chi connectivity index (χ0) is 24.9. The van der Waals surface area contributed by atoms with E-state index in [-0.39, 0.29) is 24.3 Å². The third-order valence-electron chi connectivity index (χ3n) is 6.42. The standard InChI is InChI=1S/C27H31N3O5/c1-17-10-12-21(15-18(17)2)30(24(31)16-28-26(32)23-9-6-14-34-23)25(22-13-11-19(3)35-22)27(33)29-20-7-4-5-8-20/h6,9-15,20,25H,4-5,7-8,16H2,1-3H3,(H,28,32)(H,29,33)/t25-/m0/s1. The van der Waals surface area contributed by atoms with Gasteiger partial charge < -0.3 is 19.5 Å². The molecule has 0 aliphatic heterocycles. The van der Waals surface area contributed by atoms with Gasteiger partial charge in [-0.15, -0.1) is 0 Å². The molecule has 1 aliphatic carbocycles. The summed E-state index contributed by atoms with van der Waals surface area (Å²) in [6, 6.07) is 11.2. The molecule has 1 fully saturated rings. The summed E-state index contributed by atoms with van der Waals surface area (Å²) >= 11 is 0.